The largest absolute Gasteiger partial charge is 0.453 e. The van der Waals surface area contributed by atoms with E-state index >= 15 is 0 Å². The first-order valence-electron chi connectivity index (χ1n) is 9.51. The van der Waals surface area contributed by atoms with Crippen LogP contribution in [-0.4, -0.2) is 54.2 Å². The molecule has 0 bridgehead atoms. The number of amides is 3. The van der Waals surface area contributed by atoms with Crippen LogP contribution in [0.25, 0.3) is 0 Å². The van der Waals surface area contributed by atoms with Crippen LogP contribution in [0.4, 0.5) is 14.9 Å². The molecule has 0 spiro atoms. The Hall–Kier alpha value is -2.84. The van der Waals surface area contributed by atoms with Gasteiger partial charge in [0.25, 0.3) is 0 Å². The highest BCUT2D eigenvalue weighted by atomic mass is 35.5. The molecule has 1 atom stereocenters. The lowest BCUT2D eigenvalue weighted by Gasteiger charge is -2.38. The zero-order chi connectivity index (χ0) is 21.6. The van der Waals surface area contributed by atoms with Gasteiger partial charge in [0.05, 0.1) is 29.9 Å². The summed E-state index contributed by atoms with van der Waals surface area (Å²) in [5, 5.41) is 12.4. The zero-order valence-corrected chi connectivity index (χ0v) is 17.2. The molecule has 4 rings (SSSR count). The SMILES string of the molecule is Cc1ccc2c(c1Oc1cc(F)ccc1Cl)N(C)C(=O)[C@H](NC(=O)N1CC(O)C1)C2. The van der Waals surface area contributed by atoms with Crippen LogP contribution in [0.1, 0.15) is 11.1 Å². The van der Waals surface area contributed by atoms with Gasteiger partial charge in [-0.3, -0.25) is 4.79 Å². The molecule has 2 aliphatic heterocycles. The predicted octanol–water partition coefficient (Wildman–Crippen LogP) is 2.85. The van der Waals surface area contributed by atoms with Crippen molar-refractivity contribution in [1.29, 1.82) is 0 Å². The molecule has 0 aliphatic carbocycles. The van der Waals surface area contributed by atoms with E-state index in [0.717, 1.165) is 11.1 Å². The van der Waals surface area contributed by atoms with Gasteiger partial charge in [-0.1, -0.05) is 23.7 Å². The average Bonchev–Trinajstić information content (AvgIpc) is 2.68. The zero-order valence-electron chi connectivity index (χ0n) is 16.5. The number of hydrogen-bond donors (Lipinski definition) is 2. The fourth-order valence-corrected chi connectivity index (χ4v) is 3.82. The first-order valence-corrected chi connectivity index (χ1v) is 9.89. The number of β-amino-alcohol motifs (C(OH)–C–C–N with tert-alkyl or cyclic N) is 1. The molecule has 0 unspecified atom stereocenters. The van der Waals surface area contributed by atoms with Crippen molar-refractivity contribution >= 4 is 29.2 Å². The molecule has 1 saturated heterocycles. The first-order chi connectivity index (χ1) is 14.2. The Morgan fingerprint density at radius 3 is 2.73 bits per heavy atom. The number of fused-ring (bicyclic) bond motifs is 1. The van der Waals surface area contributed by atoms with Crippen LogP contribution < -0.4 is 15.0 Å². The summed E-state index contributed by atoms with van der Waals surface area (Å²) in [5.41, 5.74) is 2.12. The predicted molar refractivity (Wildman–Crippen MR) is 110 cm³/mol. The highest BCUT2D eigenvalue weighted by Crippen LogP contribution is 2.42. The molecule has 0 radical (unpaired) electrons. The summed E-state index contributed by atoms with van der Waals surface area (Å²) < 4.78 is 19.6. The molecule has 1 fully saturated rings. The van der Waals surface area contributed by atoms with Crippen LogP contribution in [0.5, 0.6) is 11.5 Å². The number of likely N-dealkylation sites (N-methyl/N-ethyl adjacent to an activating group) is 1. The second kappa shape index (κ2) is 7.77. The summed E-state index contributed by atoms with van der Waals surface area (Å²) in [6.45, 7) is 2.33. The Bertz CT molecular complexity index is 1030. The fraction of sp³-hybridized carbons (Fsp3) is 0.333. The van der Waals surface area contributed by atoms with Crippen molar-refractivity contribution in [3.05, 3.63) is 52.3 Å². The number of urea groups is 1. The minimum absolute atomic E-state index is 0.154. The van der Waals surface area contributed by atoms with E-state index in [4.69, 9.17) is 16.3 Å². The number of aliphatic hydroxyl groups is 1. The Labute approximate surface area is 178 Å². The highest BCUT2D eigenvalue weighted by molar-refractivity contribution is 6.32. The maximum absolute atomic E-state index is 13.7. The third-order valence-corrected chi connectivity index (χ3v) is 5.66. The van der Waals surface area contributed by atoms with Gasteiger partial charge in [0.15, 0.2) is 5.75 Å². The van der Waals surface area contributed by atoms with Gasteiger partial charge in [0.2, 0.25) is 5.91 Å². The van der Waals surface area contributed by atoms with Crippen molar-refractivity contribution in [3.8, 4) is 11.5 Å². The molecule has 0 aromatic heterocycles. The molecule has 0 saturated carbocycles. The Balaban J connectivity index is 1.62. The maximum Gasteiger partial charge on any atom is 0.318 e. The molecule has 2 aromatic rings. The van der Waals surface area contributed by atoms with Crippen LogP contribution in [0.15, 0.2) is 30.3 Å². The molecule has 3 amide bonds. The van der Waals surface area contributed by atoms with Crippen molar-refractivity contribution in [2.24, 2.45) is 0 Å². The van der Waals surface area contributed by atoms with Gasteiger partial charge >= 0.3 is 6.03 Å². The van der Waals surface area contributed by atoms with Gasteiger partial charge in [-0.25, -0.2) is 9.18 Å². The molecule has 9 heteroatoms. The van der Waals surface area contributed by atoms with Crippen LogP contribution >= 0.6 is 11.6 Å². The molecule has 2 aliphatic rings. The van der Waals surface area contributed by atoms with Crippen molar-refractivity contribution in [2.75, 3.05) is 25.0 Å². The number of likely N-dealkylation sites (tertiary alicyclic amines) is 1. The minimum atomic E-state index is -0.735. The standard InChI is InChI=1S/C21H21ClFN3O4/c1-11-3-4-12-7-16(24-21(29)26-9-14(27)10-26)20(28)25(2)18(12)19(11)30-17-8-13(23)5-6-15(17)22/h3-6,8,14,16,27H,7,9-10H2,1-2H3,(H,24,29)/t16-/m1/s1. The number of carbonyl (C=O) groups is 2. The second-order valence-corrected chi connectivity index (χ2v) is 7.97. The van der Waals surface area contributed by atoms with E-state index in [-0.39, 0.29) is 42.2 Å². The third kappa shape index (κ3) is 3.68. The van der Waals surface area contributed by atoms with Gasteiger partial charge in [-0.15, -0.1) is 0 Å². The number of benzene rings is 2. The smallest absolute Gasteiger partial charge is 0.318 e. The van der Waals surface area contributed by atoms with Crippen molar-refractivity contribution in [1.82, 2.24) is 10.2 Å². The number of rotatable bonds is 3. The summed E-state index contributed by atoms with van der Waals surface area (Å²) in [7, 11) is 1.60. The van der Waals surface area contributed by atoms with E-state index in [1.165, 1.54) is 28.0 Å². The number of nitrogens with one attached hydrogen (secondary N) is 1. The van der Waals surface area contributed by atoms with Crippen LogP contribution in [0.3, 0.4) is 0 Å². The van der Waals surface area contributed by atoms with Gasteiger partial charge < -0.3 is 25.0 Å². The summed E-state index contributed by atoms with van der Waals surface area (Å²) in [4.78, 5) is 28.1. The van der Waals surface area contributed by atoms with E-state index in [0.29, 0.717) is 11.4 Å². The van der Waals surface area contributed by atoms with E-state index < -0.39 is 18.0 Å². The van der Waals surface area contributed by atoms with Crippen LogP contribution in [0.2, 0.25) is 5.02 Å². The lowest BCUT2D eigenvalue weighted by molar-refractivity contribution is -0.120. The van der Waals surface area contributed by atoms with E-state index in [2.05, 4.69) is 5.32 Å². The normalized spacial score (nSPS) is 18.7. The minimum Gasteiger partial charge on any atom is -0.453 e. The highest BCUT2D eigenvalue weighted by Gasteiger charge is 2.37. The number of aryl methyl sites for hydroxylation is 1. The third-order valence-electron chi connectivity index (χ3n) is 5.35. The van der Waals surface area contributed by atoms with Gasteiger partial charge in [0.1, 0.15) is 17.6 Å². The quantitative estimate of drug-likeness (QED) is 0.779. The fourth-order valence-electron chi connectivity index (χ4n) is 3.66. The molecular formula is C21H21ClFN3O4. The number of halogens is 2. The number of hydrogen-bond acceptors (Lipinski definition) is 4. The van der Waals surface area contributed by atoms with Gasteiger partial charge in [-0.2, -0.15) is 0 Å². The lowest BCUT2D eigenvalue weighted by atomic mass is 9.95. The van der Waals surface area contributed by atoms with E-state index in [1.807, 2.05) is 19.1 Å². The first kappa shape index (κ1) is 20.4. The maximum atomic E-state index is 13.7. The number of carbonyl (C=O) groups excluding carboxylic acids is 2. The Kier molecular flexibility index (Phi) is 5.29. The van der Waals surface area contributed by atoms with Crippen LogP contribution in [-0.2, 0) is 11.2 Å². The van der Waals surface area contributed by atoms with Gasteiger partial charge in [0, 0.05) is 19.5 Å². The van der Waals surface area contributed by atoms with Crippen molar-refractivity contribution < 1.29 is 23.8 Å². The summed E-state index contributed by atoms with van der Waals surface area (Å²) in [6, 6.07) is 6.44. The summed E-state index contributed by atoms with van der Waals surface area (Å²) >= 11 is 6.14. The van der Waals surface area contributed by atoms with Crippen LogP contribution in [0, 0.1) is 12.7 Å². The summed E-state index contributed by atoms with van der Waals surface area (Å²) in [5.74, 6) is -0.217. The number of aliphatic hydroxyl groups excluding tert-OH is 1. The lowest BCUT2D eigenvalue weighted by Crippen LogP contribution is -2.61. The molecule has 30 heavy (non-hydrogen) atoms. The average molecular weight is 434 g/mol. The molecule has 2 aromatic carbocycles. The Morgan fingerprint density at radius 1 is 1.30 bits per heavy atom. The molecule has 158 valence electrons. The molecule has 2 heterocycles. The van der Waals surface area contributed by atoms with E-state index in [1.54, 1.807) is 7.05 Å². The van der Waals surface area contributed by atoms with Crippen molar-refractivity contribution in [3.63, 3.8) is 0 Å². The molecule has 2 N–H and O–H groups in total. The number of nitrogens with zero attached hydrogens (tertiary/aromatic N) is 2. The van der Waals surface area contributed by atoms with Crippen molar-refractivity contribution in [2.45, 2.75) is 25.5 Å². The summed E-state index contributed by atoms with van der Waals surface area (Å²) in [6.07, 6.45) is -0.229. The number of ether oxygens (including phenoxy) is 1. The van der Waals surface area contributed by atoms with Gasteiger partial charge in [-0.05, 0) is 30.2 Å². The number of anilines is 1. The monoisotopic (exact) mass is 433 g/mol. The van der Waals surface area contributed by atoms with E-state index in [9.17, 15) is 19.1 Å². The molecular weight excluding hydrogens is 413 g/mol. The topological polar surface area (TPSA) is 82.1 Å². The second-order valence-electron chi connectivity index (χ2n) is 7.56. The molecule has 7 nitrogen and oxygen atoms in total. The Morgan fingerprint density at radius 2 is 2.03 bits per heavy atom.